The molecular weight excluding hydrogens is 862 g/mol. The Hall–Kier alpha value is -6.08. The summed E-state index contributed by atoms with van der Waals surface area (Å²) in [5, 5.41) is 2.63. The molecule has 0 saturated carbocycles. The number of anilines is 9. The van der Waals surface area contributed by atoms with Crippen LogP contribution in [0.1, 0.15) is 105 Å². The number of thiophene rings is 2. The van der Waals surface area contributed by atoms with Crippen molar-refractivity contribution in [1.82, 2.24) is 0 Å². The normalized spacial score (nSPS) is 13.8. The Morgan fingerprint density at radius 3 is 1.09 bits per heavy atom. The minimum atomic E-state index is -0.0156. The van der Waals surface area contributed by atoms with Gasteiger partial charge >= 0.3 is 0 Å². The fraction of sp³-hybridized carbons (Fsp3) is 0.258. The van der Waals surface area contributed by atoms with Gasteiger partial charge in [-0.1, -0.05) is 156 Å². The van der Waals surface area contributed by atoms with E-state index in [4.69, 9.17) is 0 Å². The van der Waals surface area contributed by atoms with Crippen molar-refractivity contribution in [3.63, 3.8) is 0 Å². The molecule has 0 amide bonds. The highest BCUT2D eigenvalue weighted by molar-refractivity contribution is 7.40. The van der Waals surface area contributed by atoms with E-state index in [0.717, 1.165) is 17.1 Å². The zero-order chi connectivity index (χ0) is 47.7. The largest absolute Gasteiger partial charge is 0.310 e. The van der Waals surface area contributed by atoms with Crippen molar-refractivity contribution in [2.45, 2.75) is 105 Å². The molecule has 2 aromatic heterocycles. The van der Waals surface area contributed by atoms with Gasteiger partial charge < -0.3 is 14.7 Å². The van der Waals surface area contributed by atoms with Crippen LogP contribution in [0.2, 0.25) is 0 Å². The summed E-state index contributed by atoms with van der Waals surface area (Å²) in [6.07, 6.45) is 0. The molecule has 6 heteroatoms. The maximum atomic E-state index is 2.64. The summed E-state index contributed by atoms with van der Waals surface area (Å²) in [6, 6.07) is 60.3. The highest BCUT2D eigenvalue weighted by atomic mass is 32.1. The Balaban J connectivity index is 1.31. The van der Waals surface area contributed by atoms with E-state index in [2.05, 4.69) is 256 Å². The number of rotatable bonds is 5. The molecule has 0 radical (unpaired) electrons. The van der Waals surface area contributed by atoms with E-state index < -0.39 is 0 Å². The molecule has 0 bridgehead atoms. The second-order valence-corrected chi connectivity index (χ2v) is 25.3. The summed E-state index contributed by atoms with van der Waals surface area (Å²) < 4.78 is 5.45. The number of hydrogen-bond acceptors (Lipinski definition) is 5. The van der Waals surface area contributed by atoms with Gasteiger partial charge in [-0.05, 0) is 134 Å². The predicted octanol–water partition coefficient (Wildman–Crippen LogP) is 16.9. The first-order chi connectivity index (χ1) is 32.3. The van der Waals surface area contributed by atoms with Gasteiger partial charge in [-0.2, -0.15) is 0 Å². The van der Waals surface area contributed by atoms with Crippen molar-refractivity contribution in [3.8, 4) is 0 Å². The first-order valence-corrected chi connectivity index (χ1v) is 25.9. The molecule has 2 aliphatic rings. The minimum absolute atomic E-state index is 0.0156. The van der Waals surface area contributed by atoms with Crippen LogP contribution in [-0.2, 0) is 21.7 Å². The van der Waals surface area contributed by atoms with Gasteiger partial charge in [-0.15, -0.1) is 22.7 Å². The van der Waals surface area contributed by atoms with E-state index in [0.29, 0.717) is 0 Å². The van der Waals surface area contributed by atoms with Crippen LogP contribution in [0.3, 0.4) is 0 Å². The molecule has 7 aromatic carbocycles. The first-order valence-electron chi connectivity index (χ1n) is 24.3. The minimum Gasteiger partial charge on any atom is -0.310 e. The van der Waals surface area contributed by atoms with Gasteiger partial charge in [-0.25, -0.2) is 0 Å². The molecule has 9 aromatic rings. The van der Waals surface area contributed by atoms with Crippen molar-refractivity contribution in [3.05, 3.63) is 180 Å². The van der Waals surface area contributed by atoms with Gasteiger partial charge in [0.2, 0.25) is 0 Å². The van der Waals surface area contributed by atoms with Crippen LogP contribution in [-0.4, -0.2) is 6.71 Å². The maximum Gasteiger partial charge on any atom is 0.277 e. The van der Waals surface area contributed by atoms with Crippen molar-refractivity contribution >= 4 is 116 Å². The summed E-state index contributed by atoms with van der Waals surface area (Å²) >= 11 is 3.97. The lowest BCUT2D eigenvalue weighted by Gasteiger charge is -2.43. The Labute approximate surface area is 412 Å². The van der Waals surface area contributed by atoms with Crippen molar-refractivity contribution in [2.24, 2.45) is 0 Å². The average Bonchev–Trinajstić information content (AvgIpc) is 3.87. The monoisotopic (exact) mass is 923 g/mol. The predicted molar refractivity (Wildman–Crippen MR) is 301 cm³/mol. The van der Waals surface area contributed by atoms with E-state index in [1.54, 1.807) is 0 Å². The van der Waals surface area contributed by atoms with E-state index in [9.17, 15) is 0 Å². The highest BCUT2D eigenvalue weighted by Crippen LogP contribution is 2.53. The zero-order valence-corrected chi connectivity index (χ0v) is 43.4. The zero-order valence-electron chi connectivity index (χ0n) is 41.7. The van der Waals surface area contributed by atoms with Gasteiger partial charge in [0.1, 0.15) is 0 Å². The van der Waals surface area contributed by atoms with Gasteiger partial charge in [0.25, 0.3) is 6.71 Å². The number of nitrogens with zero attached hydrogens (tertiary/aromatic N) is 3. The lowest BCUT2D eigenvalue weighted by atomic mass is 9.39. The van der Waals surface area contributed by atoms with Crippen molar-refractivity contribution < 1.29 is 0 Å². The lowest BCUT2D eigenvalue weighted by Crippen LogP contribution is -2.59. The van der Waals surface area contributed by atoms with E-state index >= 15 is 0 Å². The third-order valence-corrected chi connectivity index (χ3v) is 16.7. The Bertz CT molecular complexity index is 3150. The molecule has 0 spiro atoms. The number of hydrogen-bond donors (Lipinski definition) is 0. The molecule has 4 heterocycles. The molecular formula is C62H62BN3S2. The number of fused-ring (bicyclic) bond motifs is 8. The molecule has 0 atom stereocenters. The van der Waals surface area contributed by atoms with Crippen LogP contribution in [0.25, 0.3) is 20.2 Å². The standard InChI is InChI=1S/C62H62BN3S2/c1-59(2,3)39-23-29-45(30-24-39)65-50-37-47(64(43-19-15-13-16-20-43)44-21-17-14-18-22-44)38-51-54(50)63(57-55(65)48-35-41(61(7,8)9)27-33-52(48)67-57)58-56(49-36-42(62(10,11)12)28-34-53(49)68-58)66(51)46-31-25-40(26-32-46)60(4,5)6/h13-38H,1-12H3. The molecule has 0 fully saturated rings. The van der Waals surface area contributed by atoms with Crippen molar-refractivity contribution in [1.29, 1.82) is 0 Å². The third-order valence-electron chi connectivity index (χ3n) is 14.2. The second-order valence-electron chi connectivity index (χ2n) is 23.2. The maximum absolute atomic E-state index is 2.64. The van der Waals surface area contributed by atoms with Gasteiger partial charge in [0, 0.05) is 63.8 Å². The molecule has 0 saturated heterocycles. The second kappa shape index (κ2) is 15.7. The van der Waals surface area contributed by atoms with Crippen LogP contribution in [0.15, 0.2) is 158 Å². The number of benzene rings is 7. The van der Waals surface area contributed by atoms with E-state index in [-0.39, 0.29) is 28.4 Å². The molecule has 0 N–H and O–H groups in total. The van der Waals surface area contributed by atoms with Gasteiger partial charge in [-0.3, -0.25) is 0 Å². The van der Waals surface area contributed by atoms with Gasteiger partial charge in [0.05, 0.1) is 17.1 Å². The molecule has 68 heavy (non-hydrogen) atoms. The molecule has 11 rings (SSSR count). The SMILES string of the molecule is CC(C)(C)c1ccc(N2c3cc(N(c4ccccc4)c4ccccc4)cc4c3B(c3sc5ccc(C(C)(C)C)cc5c32)c2sc3ccc(C(C)(C)C)cc3c2N4c2ccc(C(C)(C)C)cc2)cc1. The van der Waals surface area contributed by atoms with Crippen LogP contribution in [0.4, 0.5) is 51.2 Å². The molecule has 340 valence electrons. The highest BCUT2D eigenvalue weighted by Gasteiger charge is 2.48. The quantitative estimate of drug-likeness (QED) is 0.159. The molecule has 3 nitrogen and oxygen atoms in total. The van der Waals surface area contributed by atoms with Crippen LogP contribution >= 0.6 is 22.7 Å². The van der Waals surface area contributed by atoms with Gasteiger partial charge in [0.15, 0.2) is 0 Å². The Kier molecular flexibility index (Phi) is 10.3. The van der Waals surface area contributed by atoms with E-state index in [1.165, 1.54) is 91.6 Å². The first kappa shape index (κ1) is 44.4. The summed E-state index contributed by atoms with van der Waals surface area (Å²) in [4.78, 5) is 7.72. The van der Waals surface area contributed by atoms with Crippen LogP contribution in [0, 0.1) is 0 Å². The molecule has 2 aliphatic heterocycles. The van der Waals surface area contributed by atoms with Crippen molar-refractivity contribution in [2.75, 3.05) is 14.7 Å². The lowest BCUT2D eigenvalue weighted by molar-refractivity contribution is 0.590. The summed E-state index contributed by atoms with van der Waals surface area (Å²) in [6.45, 7) is 27.9. The van der Waals surface area contributed by atoms with E-state index in [1.807, 2.05) is 22.7 Å². The Morgan fingerprint density at radius 2 is 0.735 bits per heavy atom. The summed E-state index contributed by atoms with van der Waals surface area (Å²) in [5.41, 5.74) is 17.4. The number of para-hydroxylation sites is 2. The topological polar surface area (TPSA) is 9.72 Å². The Morgan fingerprint density at radius 1 is 0.382 bits per heavy atom. The van der Waals surface area contributed by atoms with Crippen LogP contribution < -0.4 is 29.7 Å². The summed E-state index contributed by atoms with van der Waals surface area (Å²) in [7, 11) is 0. The fourth-order valence-electron chi connectivity index (χ4n) is 10.4. The average molecular weight is 924 g/mol. The summed E-state index contributed by atoms with van der Waals surface area (Å²) in [5.74, 6) is 0. The molecule has 0 unspecified atom stereocenters. The van der Waals surface area contributed by atoms with Crippen LogP contribution in [0.5, 0.6) is 0 Å². The smallest absolute Gasteiger partial charge is 0.277 e. The third kappa shape index (κ3) is 7.38. The molecule has 0 aliphatic carbocycles. The fourth-order valence-corrected chi connectivity index (χ4v) is 13.0.